The number of hydrogen-bond donors (Lipinski definition) is 0. The van der Waals surface area contributed by atoms with Crippen LogP contribution in [-0.2, 0) is 0 Å². The lowest BCUT2D eigenvalue weighted by Crippen LogP contribution is -2.20. The van der Waals surface area contributed by atoms with Gasteiger partial charge in [0.1, 0.15) is 5.69 Å². The van der Waals surface area contributed by atoms with E-state index in [0.717, 1.165) is 84.7 Å². The van der Waals surface area contributed by atoms with Crippen molar-refractivity contribution in [3.63, 3.8) is 0 Å². The minimum absolute atomic E-state index is 0.756. The first-order chi connectivity index (χ1) is 21.3. The highest BCUT2D eigenvalue weighted by atomic mass is 16.5. The van der Waals surface area contributed by atoms with Gasteiger partial charge in [-0.3, -0.25) is 4.90 Å². The summed E-state index contributed by atoms with van der Waals surface area (Å²) in [7, 11) is 0. The van der Waals surface area contributed by atoms with E-state index in [1.54, 1.807) is 0 Å². The second-order valence-electron chi connectivity index (χ2n) is 10.6. The number of benzene rings is 6. The predicted molar refractivity (Wildman–Crippen MR) is 171 cm³/mol. The van der Waals surface area contributed by atoms with Crippen LogP contribution < -0.4 is 14.4 Å². The summed E-state index contributed by atoms with van der Waals surface area (Å²) in [5.41, 5.74) is 10.3. The highest BCUT2D eigenvalue weighted by Gasteiger charge is 2.35. The smallest absolute Gasteiger partial charge is 0.159 e. The molecule has 0 fully saturated rings. The molecule has 2 aliphatic rings. The summed E-state index contributed by atoms with van der Waals surface area (Å²) in [5.74, 6) is 3.14. The van der Waals surface area contributed by atoms with Gasteiger partial charge in [0, 0.05) is 16.7 Å². The maximum atomic E-state index is 6.65. The molecular formula is C38H23N3O2. The first-order valence-corrected chi connectivity index (χ1v) is 14.3. The van der Waals surface area contributed by atoms with Crippen LogP contribution in [0.3, 0.4) is 0 Å². The summed E-state index contributed by atoms with van der Waals surface area (Å²) >= 11 is 0. The molecule has 3 heterocycles. The summed E-state index contributed by atoms with van der Waals surface area (Å²) in [6.45, 7) is 0. The van der Waals surface area contributed by atoms with Crippen LogP contribution in [0.4, 0.5) is 17.1 Å². The van der Waals surface area contributed by atoms with E-state index in [9.17, 15) is 0 Å². The topological polar surface area (TPSA) is 47.5 Å². The lowest BCUT2D eigenvalue weighted by Gasteiger charge is -2.38. The zero-order valence-corrected chi connectivity index (χ0v) is 22.9. The number of hydrogen-bond acceptors (Lipinski definition) is 5. The van der Waals surface area contributed by atoms with Crippen molar-refractivity contribution in [1.82, 2.24) is 9.97 Å². The average Bonchev–Trinajstić information content (AvgIpc) is 3.08. The monoisotopic (exact) mass is 553 g/mol. The minimum Gasteiger partial charge on any atom is -0.453 e. The first-order valence-electron chi connectivity index (χ1n) is 14.3. The molecule has 9 rings (SSSR count). The second kappa shape index (κ2) is 9.29. The summed E-state index contributed by atoms with van der Waals surface area (Å²) < 4.78 is 12.9. The number of fused-ring (bicyclic) bond motifs is 5. The van der Waals surface area contributed by atoms with Crippen LogP contribution >= 0.6 is 0 Å². The molecule has 0 unspecified atom stereocenters. The Kier molecular flexibility index (Phi) is 5.13. The number of anilines is 3. The standard InChI is InChI=1S/C38H23N3O2/c1-3-11-24(12-4-1)35-36(25-13-5-2-6-14-25)40-29-23-26(21-22-28(29)39-35)27-15-9-17-31-38(27)43-34-20-10-19-33-37(34)41(31)30-16-7-8-18-32(30)42-33/h1-23H. The Balaban J connectivity index is 1.23. The highest BCUT2D eigenvalue weighted by molar-refractivity contribution is 5.97. The first kappa shape index (κ1) is 23.7. The van der Waals surface area contributed by atoms with Crippen molar-refractivity contribution in [1.29, 1.82) is 0 Å². The highest BCUT2D eigenvalue weighted by Crippen LogP contribution is 2.60. The van der Waals surface area contributed by atoms with Gasteiger partial charge in [-0.05, 0) is 48.0 Å². The Morgan fingerprint density at radius 2 is 1.05 bits per heavy atom. The molecule has 0 saturated heterocycles. The Morgan fingerprint density at radius 1 is 0.442 bits per heavy atom. The van der Waals surface area contributed by atoms with E-state index in [1.165, 1.54) is 0 Å². The van der Waals surface area contributed by atoms with Crippen LogP contribution in [0.1, 0.15) is 0 Å². The van der Waals surface area contributed by atoms with Gasteiger partial charge in [-0.1, -0.05) is 97.1 Å². The van der Waals surface area contributed by atoms with Crippen molar-refractivity contribution in [2.75, 3.05) is 4.90 Å². The summed E-state index contributed by atoms with van der Waals surface area (Å²) in [5, 5.41) is 0. The van der Waals surface area contributed by atoms with Crippen LogP contribution in [0.25, 0.3) is 44.7 Å². The number of aromatic nitrogens is 2. The molecule has 43 heavy (non-hydrogen) atoms. The lowest BCUT2D eigenvalue weighted by molar-refractivity contribution is 0.447. The molecule has 5 heteroatoms. The Hall–Kier alpha value is -5.94. The number of para-hydroxylation sites is 4. The van der Waals surface area contributed by atoms with E-state index < -0.39 is 0 Å². The Labute approximate surface area is 248 Å². The van der Waals surface area contributed by atoms with E-state index in [2.05, 4.69) is 71.6 Å². The minimum atomic E-state index is 0.756. The van der Waals surface area contributed by atoms with E-state index in [4.69, 9.17) is 19.4 Å². The second-order valence-corrected chi connectivity index (χ2v) is 10.6. The fraction of sp³-hybridized carbons (Fsp3) is 0. The predicted octanol–water partition coefficient (Wildman–Crippen LogP) is 10.3. The molecule has 2 aliphatic heterocycles. The van der Waals surface area contributed by atoms with Crippen molar-refractivity contribution in [3.8, 4) is 56.6 Å². The summed E-state index contributed by atoms with van der Waals surface area (Å²) in [6, 6.07) is 47.1. The van der Waals surface area contributed by atoms with Gasteiger partial charge in [0.2, 0.25) is 0 Å². The van der Waals surface area contributed by atoms with E-state index in [-0.39, 0.29) is 0 Å². The molecule has 5 nitrogen and oxygen atoms in total. The number of nitrogens with zero attached hydrogens (tertiary/aromatic N) is 3. The molecule has 0 atom stereocenters. The van der Waals surface area contributed by atoms with Gasteiger partial charge in [0.15, 0.2) is 23.0 Å². The van der Waals surface area contributed by atoms with Crippen molar-refractivity contribution in [3.05, 3.63) is 140 Å². The summed E-state index contributed by atoms with van der Waals surface area (Å²) in [4.78, 5) is 12.6. The summed E-state index contributed by atoms with van der Waals surface area (Å²) in [6.07, 6.45) is 0. The average molecular weight is 554 g/mol. The molecule has 6 aromatic carbocycles. The lowest BCUT2D eigenvalue weighted by atomic mass is 9.99. The maximum absolute atomic E-state index is 6.65. The fourth-order valence-electron chi connectivity index (χ4n) is 6.07. The van der Waals surface area contributed by atoms with Crippen molar-refractivity contribution in [2.24, 2.45) is 0 Å². The third-order valence-electron chi connectivity index (χ3n) is 8.03. The van der Waals surface area contributed by atoms with Gasteiger partial charge < -0.3 is 9.47 Å². The quantitative estimate of drug-likeness (QED) is 0.218. The molecule has 0 radical (unpaired) electrons. The molecule has 0 bridgehead atoms. The molecule has 7 aromatic rings. The van der Waals surface area contributed by atoms with Gasteiger partial charge >= 0.3 is 0 Å². The molecule has 1 aromatic heterocycles. The van der Waals surface area contributed by atoms with Crippen molar-refractivity contribution in [2.45, 2.75) is 0 Å². The van der Waals surface area contributed by atoms with Gasteiger partial charge in [0.05, 0.1) is 33.8 Å². The molecule has 0 aliphatic carbocycles. The van der Waals surface area contributed by atoms with Gasteiger partial charge in [-0.2, -0.15) is 0 Å². The van der Waals surface area contributed by atoms with Crippen molar-refractivity contribution < 1.29 is 9.47 Å². The normalized spacial score (nSPS) is 12.5. The van der Waals surface area contributed by atoms with Crippen LogP contribution in [0.2, 0.25) is 0 Å². The van der Waals surface area contributed by atoms with Crippen molar-refractivity contribution >= 4 is 28.1 Å². The SMILES string of the molecule is c1ccc(-c2nc3ccc(-c4cccc5c4Oc4cccc6c4N5c4ccccc4O6)cc3nc2-c2ccccc2)cc1. The largest absolute Gasteiger partial charge is 0.453 e. The molecule has 0 spiro atoms. The third-order valence-corrected chi connectivity index (χ3v) is 8.03. The molecular weight excluding hydrogens is 530 g/mol. The van der Waals surface area contributed by atoms with Crippen LogP contribution in [0.15, 0.2) is 140 Å². The molecule has 0 amide bonds. The van der Waals surface area contributed by atoms with Gasteiger partial charge in [0.25, 0.3) is 0 Å². The molecule has 0 saturated carbocycles. The Bertz CT molecular complexity index is 2200. The maximum Gasteiger partial charge on any atom is 0.159 e. The van der Waals surface area contributed by atoms with Crippen LogP contribution in [0, 0.1) is 0 Å². The Morgan fingerprint density at radius 3 is 1.81 bits per heavy atom. The van der Waals surface area contributed by atoms with E-state index >= 15 is 0 Å². The van der Waals surface area contributed by atoms with Crippen LogP contribution in [0.5, 0.6) is 23.0 Å². The van der Waals surface area contributed by atoms with Gasteiger partial charge in [-0.25, -0.2) is 9.97 Å². The molecule has 0 N–H and O–H groups in total. The zero-order valence-electron chi connectivity index (χ0n) is 22.9. The van der Waals surface area contributed by atoms with Gasteiger partial charge in [-0.15, -0.1) is 0 Å². The molecule has 202 valence electrons. The van der Waals surface area contributed by atoms with E-state index in [1.807, 2.05) is 72.8 Å². The number of ether oxygens (including phenoxy) is 2. The fourth-order valence-corrected chi connectivity index (χ4v) is 6.07. The van der Waals surface area contributed by atoms with E-state index in [0.29, 0.717) is 0 Å². The third kappa shape index (κ3) is 3.72. The number of rotatable bonds is 3. The zero-order chi connectivity index (χ0) is 28.3. The van der Waals surface area contributed by atoms with Crippen LogP contribution in [-0.4, -0.2) is 9.97 Å².